The molecule has 2 aromatic carbocycles. The first-order valence-electron chi connectivity index (χ1n) is 8.60. The Morgan fingerprint density at radius 3 is 2.67 bits per heavy atom. The monoisotopic (exact) mass is 444 g/mol. The van der Waals surface area contributed by atoms with Crippen molar-refractivity contribution < 1.29 is 24.0 Å². The smallest absolute Gasteiger partial charge is 0.338 e. The number of benzene rings is 2. The van der Waals surface area contributed by atoms with Crippen LogP contribution in [0.4, 0.5) is 5.69 Å². The molecule has 3 aromatic rings. The highest BCUT2D eigenvalue weighted by molar-refractivity contribution is 8.01. The van der Waals surface area contributed by atoms with E-state index in [1.807, 2.05) is 12.3 Å². The number of aromatic nitrogens is 1. The fraction of sp³-hybridized carbons (Fsp3) is 0.150. The van der Waals surface area contributed by atoms with Crippen molar-refractivity contribution in [1.29, 1.82) is 0 Å². The number of ether oxygens (including phenoxy) is 2. The number of carbonyl (C=O) groups is 2. The number of nitro benzene ring substituents is 1. The number of methoxy groups -OCH3 is 1. The van der Waals surface area contributed by atoms with Crippen molar-refractivity contribution in [2.24, 2.45) is 0 Å². The number of hydrogen-bond donors (Lipinski definition) is 0. The Morgan fingerprint density at radius 2 is 2.00 bits per heavy atom. The number of rotatable bonds is 8. The molecule has 0 bridgehead atoms. The van der Waals surface area contributed by atoms with Crippen LogP contribution in [0.5, 0.6) is 5.75 Å². The molecule has 3 rings (SSSR count). The Balaban J connectivity index is 1.71. The van der Waals surface area contributed by atoms with E-state index in [0.29, 0.717) is 20.5 Å². The summed E-state index contributed by atoms with van der Waals surface area (Å²) < 4.78 is 10.8. The highest BCUT2D eigenvalue weighted by Crippen LogP contribution is 2.36. The van der Waals surface area contributed by atoms with Gasteiger partial charge in [0.1, 0.15) is 5.75 Å². The van der Waals surface area contributed by atoms with Crippen molar-refractivity contribution in [3.8, 4) is 5.75 Å². The Kier molecular flexibility index (Phi) is 6.80. The van der Waals surface area contributed by atoms with Crippen LogP contribution in [-0.4, -0.2) is 35.4 Å². The molecule has 0 saturated carbocycles. The number of ketones is 1. The van der Waals surface area contributed by atoms with E-state index in [4.69, 9.17) is 9.47 Å². The lowest BCUT2D eigenvalue weighted by atomic mass is 10.1. The SMILES string of the molecule is COc1cccc(C(=O)COC(=O)c2ccc(Sc3nc(C)cs3)c([N+](=O)[O-])c2)c1. The van der Waals surface area contributed by atoms with Crippen molar-refractivity contribution in [2.75, 3.05) is 13.7 Å². The first kappa shape index (κ1) is 21.5. The maximum Gasteiger partial charge on any atom is 0.338 e. The molecule has 0 aliphatic rings. The third kappa shape index (κ3) is 5.22. The molecular weight excluding hydrogens is 428 g/mol. The topological polar surface area (TPSA) is 109 Å². The van der Waals surface area contributed by atoms with Gasteiger partial charge in [-0.1, -0.05) is 23.9 Å². The number of carbonyl (C=O) groups excluding carboxylic acids is 2. The first-order chi connectivity index (χ1) is 14.4. The van der Waals surface area contributed by atoms with Crippen LogP contribution in [0.1, 0.15) is 26.4 Å². The van der Waals surface area contributed by atoms with E-state index in [1.165, 1.54) is 36.6 Å². The van der Waals surface area contributed by atoms with Gasteiger partial charge in [-0.2, -0.15) is 0 Å². The second-order valence-corrected chi connectivity index (χ2v) is 8.17. The molecular formula is C20H16N2O6S2. The predicted octanol–water partition coefficient (Wildman–Crippen LogP) is 4.56. The number of nitrogens with zero attached hydrogens (tertiary/aromatic N) is 2. The predicted molar refractivity (Wildman–Crippen MR) is 112 cm³/mol. The lowest BCUT2D eigenvalue weighted by Crippen LogP contribution is -2.14. The minimum atomic E-state index is -0.823. The lowest BCUT2D eigenvalue weighted by Gasteiger charge is -2.07. The minimum Gasteiger partial charge on any atom is -0.497 e. The van der Waals surface area contributed by atoms with Crippen molar-refractivity contribution in [3.05, 3.63) is 74.8 Å². The first-order valence-corrected chi connectivity index (χ1v) is 10.3. The number of esters is 1. The maximum atomic E-state index is 12.3. The zero-order valence-electron chi connectivity index (χ0n) is 16.0. The quantitative estimate of drug-likeness (QED) is 0.215. The molecule has 0 aliphatic carbocycles. The van der Waals surface area contributed by atoms with Crippen LogP contribution in [0.25, 0.3) is 0 Å². The standard InChI is InChI=1S/C20H16N2O6S2/c1-12-11-29-20(21-12)30-18-7-6-14(9-16(18)22(25)26)19(24)28-10-17(23)13-4-3-5-15(8-13)27-2/h3-9,11H,10H2,1-2H3. The molecule has 0 saturated heterocycles. The van der Waals surface area contributed by atoms with Crippen LogP contribution in [-0.2, 0) is 4.74 Å². The fourth-order valence-electron chi connectivity index (χ4n) is 2.44. The van der Waals surface area contributed by atoms with Crippen molar-refractivity contribution in [1.82, 2.24) is 4.98 Å². The molecule has 0 aliphatic heterocycles. The summed E-state index contributed by atoms with van der Waals surface area (Å²) >= 11 is 2.53. The average Bonchev–Trinajstić information content (AvgIpc) is 3.16. The summed E-state index contributed by atoms with van der Waals surface area (Å²) in [4.78, 5) is 40.1. The zero-order chi connectivity index (χ0) is 21.7. The number of nitro groups is 1. The summed E-state index contributed by atoms with van der Waals surface area (Å²) in [7, 11) is 1.48. The molecule has 0 atom stereocenters. The van der Waals surface area contributed by atoms with Crippen LogP contribution in [0.2, 0.25) is 0 Å². The molecule has 1 aromatic heterocycles. The second-order valence-electron chi connectivity index (χ2n) is 6.03. The van der Waals surface area contributed by atoms with Crippen LogP contribution in [0.15, 0.2) is 57.1 Å². The van der Waals surface area contributed by atoms with Gasteiger partial charge in [0.25, 0.3) is 5.69 Å². The third-order valence-corrected chi connectivity index (χ3v) is 6.03. The fourth-order valence-corrected chi connectivity index (χ4v) is 4.32. The van der Waals surface area contributed by atoms with E-state index in [9.17, 15) is 19.7 Å². The van der Waals surface area contributed by atoms with E-state index in [2.05, 4.69) is 4.98 Å². The van der Waals surface area contributed by atoms with E-state index in [1.54, 1.807) is 18.2 Å². The van der Waals surface area contributed by atoms with Gasteiger partial charge in [0.05, 0.1) is 22.5 Å². The number of hydrogen-bond acceptors (Lipinski definition) is 9. The minimum absolute atomic E-state index is 0.0141. The molecule has 1 heterocycles. The van der Waals surface area contributed by atoms with E-state index < -0.39 is 23.3 Å². The Labute approximate surface area is 180 Å². The zero-order valence-corrected chi connectivity index (χ0v) is 17.6. The van der Waals surface area contributed by atoms with Gasteiger partial charge in [0.2, 0.25) is 0 Å². The second kappa shape index (κ2) is 9.51. The Morgan fingerprint density at radius 1 is 1.20 bits per heavy atom. The number of thiazole rings is 1. The number of Topliss-reactive ketones (excluding diaryl/α,β-unsaturated/α-hetero) is 1. The van der Waals surface area contributed by atoms with Crippen molar-refractivity contribution in [3.63, 3.8) is 0 Å². The van der Waals surface area contributed by atoms with Crippen LogP contribution in [0, 0.1) is 17.0 Å². The normalized spacial score (nSPS) is 10.5. The van der Waals surface area contributed by atoms with Gasteiger partial charge in [-0.05, 0) is 31.2 Å². The lowest BCUT2D eigenvalue weighted by molar-refractivity contribution is -0.387. The molecule has 0 spiro atoms. The highest BCUT2D eigenvalue weighted by atomic mass is 32.2. The van der Waals surface area contributed by atoms with Gasteiger partial charge >= 0.3 is 5.97 Å². The summed E-state index contributed by atoms with van der Waals surface area (Å²) in [5, 5.41) is 13.3. The molecule has 10 heteroatoms. The van der Waals surface area contributed by atoms with Crippen LogP contribution in [0.3, 0.4) is 0 Å². The van der Waals surface area contributed by atoms with E-state index in [-0.39, 0.29) is 11.3 Å². The molecule has 154 valence electrons. The molecule has 0 unspecified atom stereocenters. The van der Waals surface area contributed by atoms with Crippen molar-refractivity contribution >= 4 is 40.5 Å². The molecule has 0 amide bonds. The van der Waals surface area contributed by atoms with Gasteiger partial charge < -0.3 is 9.47 Å². The molecule has 30 heavy (non-hydrogen) atoms. The molecule has 0 N–H and O–H groups in total. The van der Waals surface area contributed by atoms with Crippen LogP contribution < -0.4 is 4.74 Å². The summed E-state index contributed by atoms with van der Waals surface area (Å²) in [5.41, 5.74) is 0.908. The van der Waals surface area contributed by atoms with Crippen LogP contribution >= 0.6 is 23.1 Å². The van der Waals surface area contributed by atoms with Gasteiger partial charge in [-0.3, -0.25) is 14.9 Å². The van der Waals surface area contributed by atoms with E-state index >= 15 is 0 Å². The Hall–Kier alpha value is -3.24. The maximum absolute atomic E-state index is 12.3. The summed E-state index contributed by atoms with van der Waals surface area (Å²) in [6.07, 6.45) is 0. The average molecular weight is 444 g/mol. The van der Waals surface area contributed by atoms with Crippen molar-refractivity contribution in [2.45, 2.75) is 16.2 Å². The summed E-state index contributed by atoms with van der Waals surface area (Å²) in [5.74, 6) is -0.731. The van der Waals surface area contributed by atoms with Gasteiger partial charge in [-0.25, -0.2) is 9.78 Å². The van der Waals surface area contributed by atoms with Gasteiger partial charge in [0.15, 0.2) is 16.7 Å². The summed E-state index contributed by atoms with van der Waals surface area (Å²) in [6.45, 7) is 1.34. The van der Waals surface area contributed by atoms with Gasteiger partial charge in [-0.15, -0.1) is 11.3 Å². The molecule has 0 fully saturated rings. The molecule has 0 radical (unpaired) electrons. The van der Waals surface area contributed by atoms with Gasteiger partial charge in [0, 0.05) is 22.7 Å². The number of aryl methyl sites for hydroxylation is 1. The summed E-state index contributed by atoms with van der Waals surface area (Å²) in [6, 6.07) is 10.5. The van der Waals surface area contributed by atoms with E-state index in [0.717, 1.165) is 23.5 Å². The highest BCUT2D eigenvalue weighted by Gasteiger charge is 2.21. The Bertz CT molecular complexity index is 1110. The largest absolute Gasteiger partial charge is 0.497 e. The molecule has 8 nitrogen and oxygen atoms in total. The third-order valence-electron chi connectivity index (χ3n) is 3.91.